The standard InChI is InChI=1S/C34H44ClN5O/c1-4-16-37-33-24(2)22-27(15-19-39-18-8-17-36-25(39)3)31-23-28(35)11-12-30(31)32(33)26-13-20-40(21-14-26)34(41)38-29-9-6-5-7-10-29/h4,8,11-12,16,18,22-23,26,29,32H,2,5-7,9-10,13-15,17,19-21H2,1,3H3,(H,38,41)/b16-4-,37-33?. The summed E-state index contributed by atoms with van der Waals surface area (Å²) in [7, 11) is 0. The van der Waals surface area contributed by atoms with Gasteiger partial charge in [-0.2, -0.15) is 0 Å². The smallest absolute Gasteiger partial charge is 0.317 e. The van der Waals surface area contributed by atoms with Gasteiger partial charge in [-0.1, -0.05) is 49.6 Å². The molecule has 2 aliphatic heterocycles. The molecule has 2 heterocycles. The fourth-order valence-electron chi connectivity index (χ4n) is 6.77. The molecular formula is C34H44ClN5O. The number of aliphatic imine (C=N–C) groups is 2. The fraction of sp³-hybridized carbons (Fsp3) is 0.500. The van der Waals surface area contributed by atoms with Crippen LogP contribution in [-0.4, -0.2) is 59.6 Å². The Balaban J connectivity index is 1.39. The Hall–Kier alpha value is -3.12. The number of carbonyl (C=O) groups is 1. The van der Waals surface area contributed by atoms with E-state index in [-0.39, 0.29) is 11.9 Å². The Morgan fingerprint density at radius 3 is 2.71 bits per heavy atom. The molecule has 1 unspecified atom stereocenters. The van der Waals surface area contributed by atoms with Crippen molar-refractivity contribution < 1.29 is 4.79 Å². The number of fused-ring (bicyclic) bond motifs is 1. The van der Waals surface area contributed by atoms with Gasteiger partial charge in [0.2, 0.25) is 0 Å². The second-order valence-corrected chi connectivity index (χ2v) is 12.2. The second-order valence-electron chi connectivity index (χ2n) is 11.7. The van der Waals surface area contributed by atoms with Crippen molar-refractivity contribution in [2.75, 3.05) is 26.2 Å². The lowest BCUT2D eigenvalue weighted by Gasteiger charge is -2.38. The van der Waals surface area contributed by atoms with E-state index in [1.807, 2.05) is 30.2 Å². The van der Waals surface area contributed by atoms with Crippen LogP contribution < -0.4 is 5.32 Å². The van der Waals surface area contributed by atoms with Crippen molar-refractivity contribution in [3.05, 3.63) is 77.1 Å². The third-order valence-electron chi connectivity index (χ3n) is 9.01. The van der Waals surface area contributed by atoms with Gasteiger partial charge in [-0.3, -0.25) is 9.98 Å². The number of amidine groups is 1. The number of urea groups is 1. The van der Waals surface area contributed by atoms with E-state index in [9.17, 15) is 4.79 Å². The molecule has 0 bridgehead atoms. The van der Waals surface area contributed by atoms with Crippen LogP contribution in [0.4, 0.5) is 4.79 Å². The number of halogens is 1. The largest absolute Gasteiger partial charge is 0.337 e. The van der Waals surface area contributed by atoms with Crippen molar-refractivity contribution in [1.29, 1.82) is 0 Å². The maximum Gasteiger partial charge on any atom is 0.317 e. The van der Waals surface area contributed by atoms with Gasteiger partial charge in [-0.05, 0) is 98.4 Å². The zero-order valence-electron chi connectivity index (χ0n) is 24.6. The number of likely N-dealkylation sites (tertiary alicyclic amines) is 1. The quantitative estimate of drug-likeness (QED) is 0.378. The summed E-state index contributed by atoms with van der Waals surface area (Å²) >= 11 is 6.61. The maximum atomic E-state index is 13.1. The zero-order chi connectivity index (χ0) is 28.8. The maximum absolute atomic E-state index is 13.1. The predicted molar refractivity (Wildman–Crippen MR) is 172 cm³/mol. The summed E-state index contributed by atoms with van der Waals surface area (Å²) < 4.78 is 0. The Labute approximate surface area is 250 Å². The zero-order valence-corrected chi connectivity index (χ0v) is 25.4. The summed E-state index contributed by atoms with van der Waals surface area (Å²) in [6.45, 7) is 11.7. The number of benzene rings is 1. The van der Waals surface area contributed by atoms with E-state index in [0.717, 1.165) is 80.4 Å². The minimum Gasteiger partial charge on any atom is -0.337 e. The summed E-state index contributed by atoms with van der Waals surface area (Å²) in [5, 5.41) is 4.04. The van der Waals surface area contributed by atoms with E-state index in [1.54, 1.807) is 0 Å². The summed E-state index contributed by atoms with van der Waals surface area (Å²) in [4.78, 5) is 26.9. The van der Waals surface area contributed by atoms with E-state index in [0.29, 0.717) is 12.0 Å². The molecule has 1 atom stereocenters. The Morgan fingerprint density at radius 2 is 1.98 bits per heavy atom. The first-order valence-corrected chi connectivity index (χ1v) is 15.7. The van der Waals surface area contributed by atoms with Gasteiger partial charge in [0.25, 0.3) is 0 Å². The van der Waals surface area contributed by atoms with E-state index in [1.165, 1.54) is 36.0 Å². The van der Waals surface area contributed by atoms with Gasteiger partial charge < -0.3 is 15.1 Å². The Kier molecular flexibility index (Phi) is 9.81. The minimum atomic E-state index is 0.0847. The van der Waals surface area contributed by atoms with Gasteiger partial charge in [0.05, 0.1) is 12.3 Å². The number of nitrogens with one attached hydrogen (secondary N) is 1. The van der Waals surface area contributed by atoms with Gasteiger partial charge in [-0.25, -0.2) is 4.79 Å². The first kappa shape index (κ1) is 29.4. The lowest BCUT2D eigenvalue weighted by atomic mass is 9.75. The number of hydrogen-bond acceptors (Lipinski definition) is 4. The van der Waals surface area contributed by atoms with Gasteiger partial charge in [0.15, 0.2) is 0 Å². The van der Waals surface area contributed by atoms with Crippen molar-refractivity contribution in [1.82, 2.24) is 15.1 Å². The third-order valence-corrected chi connectivity index (χ3v) is 9.25. The van der Waals surface area contributed by atoms with Crippen LogP contribution >= 0.6 is 11.6 Å². The molecule has 2 aliphatic carbocycles. The van der Waals surface area contributed by atoms with E-state index in [2.05, 4.69) is 59.2 Å². The molecule has 2 amide bonds. The van der Waals surface area contributed by atoms with Crippen LogP contribution in [0.1, 0.15) is 82.3 Å². The average molecular weight is 574 g/mol. The topological polar surface area (TPSA) is 60.3 Å². The first-order valence-electron chi connectivity index (χ1n) is 15.3. The highest BCUT2D eigenvalue weighted by Gasteiger charge is 2.36. The van der Waals surface area contributed by atoms with Crippen molar-refractivity contribution in [3.8, 4) is 0 Å². The number of hydrogen-bond donors (Lipinski definition) is 1. The Bertz CT molecular complexity index is 1280. The lowest BCUT2D eigenvalue weighted by molar-refractivity contribution is 0.162. The second kappa shape index (κ2) is 13.7. The number of piperidine rings is 1. The molecule has 7 heteroatoms. The predicted octanol–water partition coefficient (Wildman–Crippen LogP) is 7.74. The third kappa shape index (κ3) is 7.03. The molecule has 6 nitrogen and oxygen atoms in total. The first-order chi connectivity index (χ1) is 19.9. The number of nitrogens with zero attached hydrogens (tertiary/aromatic N) is 4. The number of rotatable bonds is 6. The van der Waals surface area contributed by atoms with Crippen molar-refractivity contribution in [3.63, 3.8) is 0 Å². The van der Waals surface area contributed by atoms with Crippen molar-refractivity contribution in [2.24, 2.45) is 15.9 Å². The monoisotopic (exact) mass is 573 g/mol. The SMILES string of the molecule is C=C1C=C(CCN2C=CCN=C2C)c2cc(Cl)ccc2C(C2CCN(C(=O)NC3CCCCC3)CC2)C1=N/C=C\C. The highest BCUT2D eigenvalue weighted by molar-refractivity contribution is 6.30. The highest BCUT2D eigenvalue weighted by atomic mass is 35.5. The lowest BCUT2D eigenvalue weighted by Crippen LogP contribution is -2.49. The van der Waals surface area contributed by atoms with Crippen LogP contribution in [0.3, 0.4) is 0 Å². The molecule has 5 rings (SSSR count). The molecule has 0 spiro atoms. The average Bonchev–Trinajstić information content (AvgIpc) is 3.09. The number of amides is 2. The molecule has 1 saturated heterocycles. The van der Waals surface area contributed by atoms with Crippen LogP contribution in [0.2, 0.25) is 5.02 Å². The molecule has 218 valence electrons. The van der Waals surface area contributed by atoms with Crippen LogP contribution in [0, 0.1) is 5.92 Å². The number of carbonyl (C=O) groups excluding carboxylic acids is 1. The van der Waals surface area contributed by atoms with Crippen LogP contribution in [-0.2, 0) is 0 Å². The van der Waals surface area contributed by atoms with Crippen molar-refractivity contribution >= 4 is 34.8 Å². The fourth-order valence-corrected chi connectivity index (χ4v) is 6.94. The highest BCUT2D eigenvalue weighted by Crippen LogP contribution is 2.43. The van der Waals surface area contributed by atoms with E-state index >= 15 is 0 Å². The minimum absolute atomic E-state index is 0.0847. The summed E-state index contributed by atoms with van der Waals surface area (Å²) in [6.07, 6.45) is 18.9. The van der Waals surface area contributed by atoms with Crippen LogP contribution in [0.25, 0.3) is 5.57 Å². The van der Waals surface area contributed by atoms with Gasteiger partial charge in [0, 0.05) is 49.0 Å². The van der Waals surface area contributed by atoms with Gasteiger partial charge in [0.1, 0.15) is 5.84 Å². The van der Waals surface area contributed by atoms with Crippen LogP contribution in [0.5, 0.6) is 0 Å². The molecule has 1 aromatic rings. The Morgan fingerprint density at radius 1 is 1.20 bits per heavy atom. The summed E-state index contributed by atoms with van der Waals surface area (Å²) in [5.41, 5.74) is 5.63. The number of allylic oxidation sites excluding steroid dienone is 3. The molecule has 41 heavy (non-hydrogen) atoms. The molecular weight excluding hydrogens is 530 g/mol. The molecule has 1 saturated carbocycles. The van der Waals surface area contributed by atoms with Crippen LogP contribution in [0.15, 0.2) is 71.0 Å². The van der Waals surface area contributed by atoms with E-state index in [4.69, 9.17) is 16.6 Å². The molecule has 0 radical (unpaired) electrons. The summed E-state index contributed by atoms with van der Waals surface area (Å²) in [5.74, 6) is 1.47. The molecule has 2 fully saturated rings. The normalized spacial score (nSPS) is 23.4. The molecule has 4 aliphatic rings. The molecule has 0 aromatic heterocycles. The van der Waals surface area contributed by atoms with Crippen molar-refractivity contribution in [2.45, 2.75) is 77.2 Å². The van der Waals surface area contributed by atoms with Gasteiger partial charge in [-0.15, -0.1) is 0 Å². The molecule has 1 N–H and O–H groups in total. The van der Waals surface area contributed by atoms with Gasteiger partial charge >= 0.3 is 6.03 Å². The van der Waals surface area contributed by atoms with E-state index < -0.39 is 0 Å². The summed E-state index contributed by atoms with van der Waals surface area (Å²) in [6, 6.07) is 6.74. The molecule has 1 aromatic carbocycles.